The topological polar surface area (TPSA) is 52.3 Å². The summed E-state index contributed by atoms with van der Waals surface area (Å²) in [5, 5.41) is 3.96. The summed E-state index contributed by atoms with van der Waals surface area (Å²) in [4.78, 5) is 7.73. The second-order valence-corrected chi connectivity index (χ2v) is 4.99. The first-order valence-electron chi connectivity index (χ1n) is 5.23. The fraction of sp³-hybridized carbons (Fsp3) is 0. The zero-order chi connectivity index (χ0) is 14.3. The first-order chi connectivity index (χ1) is 9.54. The first kappa shape index (κ1) is 13.2. The van der Waals surface area contributed by atoms with E-state index in [4.69, 9.17) is 16.3 Å². The minimum Gasteiger partial charge on any atom is -0.436 e. The summed E-state index contributed by atoms with van der Waals surface area (Å²) < 4.78 is 33.9. The van der Waals surface area contributed by atoms with Crippen LogP contribution in [0.5, 0.6) is 11.6 Å². The van der Waals surface area contributed by atoms with E-state index in [-0.39, 0.29) is 22.6 Å². The van der Waals surface area contributed by atoms with Gasteiger partial charge >= 0.3 is 0 Å². The van der Waals surface area contributed by atoms with Crippen molar-refractivity contribution >= 4 is 33.3 Å². The normalized spacial score (nSPS) is 11.0. The van der Waals surface area contributed by atoms with Crippen molar-refractivity contribution in [1.82, 2.24) is 19.6 Å². The van der Waals surface area contributed by atoms with Gasteiger partial charge in [0.15, 0.2) is 11.6 Å². The standard InChI is InChI=1S/C11H4BrClF2N4O/c12-5-1-6(14)10(15)7(2-5)20-9-3-8(13)18-11-16-4-17-19(9)11/h1-4H. The SMILES string of the molecule is Fc1cc(Br)cc(Oc2cc(Cl)nc3ncnn23)c1F. The van der Waals surface area contributed by atoms with E-state index < -0.39 is 11.6 Å². The lowest BCUT2D eigenvalue weighted by molar-refractivity contribution is 0.396. The molecule has 0 unspecified atom stereocenters. The Bertz CT molecular complexity index is 810. The molecule has 0 amide bonds. The fourth-order valence-electron chi connectivity index (χ4n) is 1.55. The number of aromatic nitrogens is 4. The molecule has 2 heterocycles. The average molecular weight is 362 g/mol. The third-order valence-corrected chi connectivity index (χ3v) is 3.01. The Kier molecular flexibility index (Phi) is 3.27. The molecule has 0 bridgehead atoms. The van der Waals surface area contributed by atoms with Gasteiger partial charge < -0.3 is 4.74 Å². The van der Waals surface area contributed by atoms with E-state index in [0.29, 0.717) is 4.47 Å². The number of fused-ring (bicyclic) bond motifs is 1. The molecule has 0 radical (unpaired) electrons. The summed E-state index contributed by atoms with van der Waals surface area (Å²) in [6.07, 6.45) is 1.24. The molecule has 0 aliphatic carbocycles. The molecule has 20 heavy (non-hydrogen) atoms. The zero-order valence-corrected chi connectivity index (χ0v) is 11.9. The summed E-state index contributed by atoms with van der Waals surface area (Å²) >= 11 is 8.86. The van der Waals surface area contributed by atoms with Crippen LogP contribution in [0.15, 0.2) is 29.0 Å². The van der Waals surface area contributed by atoms with Crippen LogP contribution in [0, 0.1) is 11.6 Å². The summed E-state index contributed by atoms with van der Waals surface area (Å²) in [6.45, 7) is 0. The van der Waals surface area contributed by atoms with Crippen LogP contribution in [-0.4, -0.2) is 19.6 Å². The molecule has 9 heteroatoms. The third-order valence-electron chi connectivity index (χ3n) is 2.36. The molecule has 5 nitrogen and oxygen atoms in total. The van der Waals surface area contributed by atoms with Crippen LogP contribution in [0.3, 0.4) is 0 Å². The monoisotopic (exact) mass is 360 g/mol. The second-order valence-electron chi connectivity index (χ2n) is 3.69. The first-order valence-corrected chi connectivity index (χ1v) is 6.40. The van der Waals surface area contributed by atoms with Crippen LogP contribution in [0.25, 0.3) is 5.78 Å². The highest BCUT2D eigenvalue weighted by atomic mass is 79.9. The molecule has 1 aromatic carbocycles. The Labute approximate surface area is 124 Å². The summed E-state index contributed by atoms with van der Waals surface area (Å²) in [5.41, 5.74) is 0. The number of rotatable bonds is 2. The van der Waals surface area contributed by atoms with Gasteiger partial charge in [-0.1, -0.05) is 27.5 Å². The second kappa shape index (κ2) is 4.95. The van der Waals surface area contributed by atoms with Gasteiger partial charge in [-0.25, -0.2) is 4.39 Å². The predicted molar refractivity (Wildman–Crippen MR) is 69.9 cm³/mol. The van der Waals surface area contributed by atoms with Crippen LogP contribution in [0.1, 0.15) is 0 Å². The molecular formula is C11H4BrClF2N4O. The van der Waals surface area contributed by atoms with Crippen LogP contribution in [0.2, 0.25) is 5.15 Å². The molecule has 0 saturated heterocycles. The minimum absolute atomic E-state index is 0.0638. The smallest absolute Gasteiger partial charge is 0.256 e. The maximum absolute atomic E-state index is 13.7. The quantitative estimate of drug-likeness (QED) is 0.517. The van der Waals surface area contributed by atoms with E-state index in [9.17, 15) is 8.78 Å². The van der Waals surface area contributed by atoms with Crippen molar-refractivity contribution in [1.29, 1.82) is 0 Å². The van der Waals surface area contributed by atoms with Gasteiger partial charge in [-0.3, -0.25) is 0 Å². The number of ether oxygens (including phenoxy) is 1. The molecule has 0 aliphatic heterocycles. The number of nitrogens with zero attached hydrogens (tertiary/aromatic N) is 4. The molecule has 102 valence electrons. The lowest BCUT2D eigenvalue weighted by Crippen LogP contribution is -2.00. The van der Waals surface area contributed by atoms with E-state index in [2.05, 4.69) is 31.0 Å². The van der Waals surface area contributed by atoms with Crippen molar-refractivity contribution in [3.05, 3.63) is 45.8 Å². The lowest BCUT2D eigenvalue weighted by atomic mass is 10.3. The van der Waals surface area contributed by atoms with Crippen molar-refractivity contribution in [2.75, 3.05) is 0 Å². The summed E-state index contributed by atoms with van der Waals surface area (Å²) in [7, 11) is 0. The van der Waals surface area contributed by atoms with Gasteiger partial charge in [0.2, 0.25) is 11.7 Å². The molecule has 0 N–H and O–H groups in total. The van der Waals surface area contributed by atoms with E-state index in [1.165, 1.54) is 23.0 Å². The Hall–Kier alpha value is -1.80. The van der Waals surface area contributed by atoms with Crippen molar-refractivity contribution < 1.29 is 13.5 Å². The van der Waals surface area contributed by atoms with Crippen molar-refractivity contribution in [3.8, 4) is 11.6 Å². The Morgan fingerprint density at radius 3 is 2.85 bits per heavy atom. The largest absolute Gasteiger partial charge is 0.436 e. The van der Waals surface area contributed by atoms with Crippen molar-refractivity contribution in [2.24, 2.45) is 0 Å². The number of benzene rings is 1. The predicted octanol–water partition coefficient (Wildman–Crippen LogP) is 3.61. The van der Waals surface area contributed by atoms with Gasteiger partial charge in [-0.05, 0) is 12.1 Å². The summed E-state index contributed by atoms with van der Waals surface area (Å²) in [5.74, 6) is -2.22. The van der Waals surface area contributed by atoms with Gasteiger partial charge in [-0.15, -0.1) is 0 Å². The van der Waals surface area contributed by atoms with Crippen LogP contribution >= 0.6 is 27.5 Å². The number of halogens is 4. The van der Waals surface area contributed by atoms with Gasteiger partial charge in [-0.2, -0.15) is 24.0 Å². The van der Waals surface area contributed by atoms with Gasteiger partial charge in [0.05, 0.1) is 0 Å². The Morgan fingerprint density at radius 1 is 1.25 bits per heavy atom. The van der Waals surface area contributed by atoms with Gasteiger partial charge in [0.1, 0.15) is 11.5 Å². The molecule has 0 fully saturated rings. The van der Waals surface area contributed by atoms with E-state index >= 15 is 0 Å². The highest BCUT2D eigenvalue weighted by molar-refractivity contribution is 9.10. The van der Waals surface area contributed by atoms with E-state index in [1.807, 2.05) is 0 Å². The van der Waals surface area contributed by atoms with Gasteiger partial charge in [0, 0.05) is 10.5 Å². The maximum atomic E-state index is 13.7. The fourth-order valence-corrected chi connectivity index (χ4v) is 2.13. The maximum Gasteiger partial charge on any atom is 0.256 e. The Balaban J connectivity index is 2.12. The molecule has 0 spiro atoms. The molecule has 0 aliphatic rings. The van der Waals surface area contributed by atoms with Crippen LogP contribution < -0.4 is 4.74 Å². The molecule has 3 aromatic rings. The van der Waals surface area contributed by atoms with E-state index in [1.54, 1.807) is 0 Å². The zero-order valence-electron chi connectivity index (χ0n) is 9.52. The third kappa shape index (κ3) is 2.32. The van der Waals surface area contributed by atoms with Crippen molar-refractivity contribution in [3.63, 3.8) is 0 Å². The molecule has 0 atom stereocenters. The van der Waals surface area contributed by atoms with Crippen LogP contribution in [-0.2, 0) is 0 Å². The molecule has 3 rings (SSSR count). The van der Waals surface area contributed by atoms with E-state index in [0.717, 1.165) is 6.07 Å². The molecule has 0 saturated carbocycles. The summed E-state index contributed by atoms with van der Waals surface area (Å²) in [6, 6.07) is 3.60. The number of hydrogen-bond acceptors (Lipinski definition) is 4. The van der Waals surface area contributed by atoms with Gasteiger partial charge in [0.25, 0.3) is 5.78 Å². The highest BCUT2D eigenvalue weighted by Gasteiger charge is 2.15. The molecule has 2 aromatic heterocycles. The minimum atomic E-state index is -1.12. The average Bonchev–Trinajstić information content (AvgIpc) is 2.83. The number of hydrogen-bond donors (Lipinski definition) is 0. The Morgan fingerprint density at radius 2 is 2.05 bits per heavy atom. The highest BCUT2D eigenvalue weighted by Crippen LogP contribution is 2.30. The lowest BCUT2D eigenvalue weighted by Gasteiger charge is -2.09. The van der Waals surface area contributed by atoms with Crippen molar-refractivity contribution in [2.45, 2.75) is 0 Å². The van der Waals surface area contributed by atoms with Crippen LogP contribution in [0.4, 0.5) is 8.78 Å². The molecular weight excluding hydrogens is 358 g/mol.